The summed E-state index contributed by atoms with van der Waals surface area (Å²) in [5.41, 5.74) is 0.546. The summed E-state index contributed by atoms with van der Waals surface area (Å²) in [7, 11) is 1.66. The molecule has 0 unspecified atom stereocenters. The van der Waals surface area contributed by atoms with Gasteiger partial charge in [0.1, 0.15) is 5.82 Å². The Kier molecular flexibility index (Phi) is 4.22. The van der Waals surface area contributed by atoms with Crippen LogP contribution in [0.4, 0.5) is 4.39 Å². The van der Waals surface area contributed by atoms with Gasteiger partial charge in [-0.2, -0.15) is 0 Å². The molecule has 4 nitrogen and oxygen atoms in total. The van der Waals surface area contributed by atoms with Crippen LogP contribution in [0.2, 0.25) is 0 Å². The number of hydrogen-bond donors (Lipinski definition) is 1. The van der Waals surface area contributed by atoms with Crippen LogP contribution >= 0.6 is 0 Å². The van der Waals surface area contributed by atoms with Crippen molar-refractivity contribution in [2.24, 2.45) is 0 Å². The van der Waals surface area contributed by atoms with Crippen molar-refractivity contribution in [1.82, 2.24) is 4.90 Å². The number of carbonyl (C=O) groups is 1. The average molecular weight is 317 g/mol. The Morgan fingerprint density at radius 3 is 2.57 bits per heavy atom. The number of carbonyl (C=O) groups excluding carboxylic acids is 1. The molecule has 0 radical (unpaired) electrons. The quantitative estimate of drug-likeness (QED) is 0.939. The zero-order chi connectivity index (χ0) is 16.4. The minimum absolute atomic E-state index is 0.209. The van der Waals surface area contributed by atoms with E-state index in [1.54, 1.807) is 25.2 Å². The zero-order valence-corrected chi connectivity index (χ0v) is 13.1. The second-order valence-electron chi connectivity index (χ2n) is 6.26. The minimum Gasteiger partial charge on any atom is -0.459 e. The summed E-state index contributed by atoms with van der Waals surface area (Å²) >= 11 is 0. The van der Waals surface area contributed by atoms with Gasteiger partial charge in [-0.05, 0) is 36.6 Å². The minimum atomic E-state index is -0.799. The van der Waals surface area contributed by atoms with Crippen LogP contribution in [0.1, 0.15) is 36.2 Å². The number of furan rings is 1. The predicted molar refractivity (Wildman–Crippen MR) is 84.5 cm³/mol. The second-order valence-corrected chi connectivity index (χ2v) is 6.26. The molecule has 2 aromatic rings. The van der Waals surface area contributed by atoms with E-state index in [1.807, 2.05) is 0 Å². The van der Waals surface area contributed by atoms with E-state index in [9.17, 15) is 14.3 Å². The molecule has 0 aliphatic heterocycles. The first kappa shape index (κ1) is 15.7. The molecular weight excluding hydrogens is 297 g/mol. The Bertz CT molecular complexity index is 687. The van der Waals surface area contributed by atoms with Crippen LogP contribution in [-0.4, -0.2) is 35.1 Å². The molecule has 1 saturated carbocycles. The normalized spacial score (nSPS) is 16.5. The maximum Gasteiger partial charge on any atom is 0.290 e. The van der Waals surface area contributed by atoms with Gasteiger partial charge in [-0.15, -0.1) is 0 Å². The van der Waals surface area contributed by atoms with Gasteiger partial charge < -0.3 is 14.4 Å². The molecule has 1 aromatic heterocycles. The van der Waals surface area contributed by atoms with Crippen LogP contribution in [0.3, 0.4) is 0 Å². The van der Waals surface area contributed by atoms with E-state index in [-0.39, 0.29) is 24.0 Å². The van der Waals surface area contributed by atoms with Gasteiger partial charge in [0, 0.05) is 19.2 Å². The summed E-state index contributed by atoms with van der Waals surface area (Å²) in [4.78, 5) is 14.1. The van der Waals surface area contributed by atoms with Crippen LogP contribution in [0.25, 0.3) is 11.1 Å². The SMILES string of the molecule is CN(CC1(O)CCCC1)C(=O)c1occc1-c1ccc(F)cc1. The lowest BCUT2D eigenvalue weighted by Gasteiger charge is -2.28. The Morgan fingerprint density at radius 2 is 1.91 bits per heavy atom. The van der Waals surface area contributed by atoms with Crippen molar-refractivity contribution in [1.29, 1.82) is 0 Å². The zero-order valence-electron chi connectivity index (χ0n) is 13.1. The van der Waals surface area contributed by atoms with Crippen LogP contribution in [0.15, 0.2) is 41.0 Å². The van der Waals surface area contributed by atoms with Gasteiger partial charge in [-0.25, -0.2) is 4.39 Å². The molecule has 1 heterocycles. The van der Waals surface area contributed by atoms with E-state index in [2.05, 4.69) is 0 Å². The molecule has 0 spiro atoms. The highest BCUT2D eigenvalue weighted by Gasteiger charge is 2.34. The summed E-state index contributed by atoms with van der Waals surface area (Å²) in [6, 6.07) is 7.62. The van der Waals surface area contributed by atoms with Crippen molar-refractivity contribution in [3.05, 3.63) is 48.2 Å². The molecule has 0 atom stereocenters. The van der Waals surface area contributed by atoms with Crippen molar-refractivity contribution in [3.63, 3.8) is 0 Å². The molecule has 1 N–H and O–H groups in total. The monoisotopic (exact) mass is 317 g/mol. The van der Waals surface area contributed by atoms with Gasteiger partial charge >= 0.3 is 0 Å². The van der Waals surface area contributed by atoms with Crippen LogP contribution in [0.5, 0.6) is 0 Å². The number of rotatable bonds is 4. The summed E-state index contributed by atoms with van der Waals surface area (Å²) in [6.07, 6.45) is 4.85. The van der Waals surface area contributed by atoms with Crippen molar-refractivity contribution < 1.29 is 18.7 Å². The molecular formula is C18H20FNO3. The van der Waals surface area contributed by atoms with Gasteiger partial charge in [0.25, 0.3) is 5.91 Å². The van der Waals surface area contributed by atoms with E-state index in [0.717, 1.165) is 18.4 Å². The molecule has 1 amide bonds. The Morgan fingerprint density at radius 1 is 1.26 bits per heavy atom. The lowest BCUT2D eigenvalue weighted by Crippen LogP contribution is -2.42. The topological polar surface area (TPSA) is 53.7 Å². The second kappa shape index (κ2) is 6.16. The standard InChI is InChI=1S/C18H20FNO3/c1-20(12-18(22)9-2-3-10-18)17(21)16-15(8-11-23-16)13-4-6-14(19)7-5-13/h4-8,11,22H,2-3,9-10,12H2,1H3. The Hall–Kier alpha value is -2.14. The van der Waals surface area contributed by atoms with Gasteiger partial charge in [-0.1, -0.05) is 25.0 Å². The summed E-state index contributed by atoms with van der Waals surface area (Å²) in [5, 5.41) is 10.5. The van der Waals surface area contributed by atoms with Gasteiger partial charge in [-0.3, -0.25) is 4.79 Å². The van der Waals surface area contributed by atoms with E-state index < -0.39 is 5.60 Å². The van der Waals surface area contributed by atoms with E-state index in [0.29, 0.717) is 18.4 Å². The van der Waals surface area contributed by atoms with E-state index in [4.69, 9.17) is 4.42 Å². The lowest BCUT2D eigenvalue weighted by atomic mass is 10.0. The van der Waals surface area contributed by atoms with Gasteiger partial charge in [0.15, 0.2) is 5.76 Å². The third kappa shape index (κ3) is 3.29. The summed E-state index contributed by atoms with van der Waals surface area (Å²) in [6.45, 7) is 0.287. The molecule has 1 aliphatic rings. The smallest absolute Gasteiger partial charge is 0.290 e. The molecule has 1 aromatic carbocycles. The van der Waals surface area contributed by atoms with Crippen LogP contribution in [-0.2, 0) is 0 Å². The number of benzene rings is 1. The highest BCUT2D eigenvalue weighted by Crippen LogP contribution is 2.31. The summed E-state index contributed by atoms with van der Waals surface area (Å²) < 4.78 is 18.4. The lowest BCUT2D eigenvalue weighted by molar-refractivity contribution is 0.0147. The fourth-order valence-electron chi connectivity index (χ4n) is 3.21. The predicted octanol–water partition coefficient (Wildman–Crippen LogP) is 3.46. The first-order valence-electron chi connectivity index (χ1n) is 7.80. The number of amides is 1. The van der Waals surface area contributed by atoms with Crippen LogP contribution in [0, 0.1) is 5.82 Å². The number of aliphatic hydroxyl groups is 1. The highest BCUT2D eigenvalue weighted by atomic mass is 19.1. The molecule has 5 heteroatoms. The fraction of sp³-hybridized carbons (Fsp3) is 0.389. The fourth-order valence-corrected chi connectivity index (χ4v) is 3.21. The van der Waals surface area contributed by atoms with Crippen molar-refractivity contribution >= 4 is 5.91 Å². The number of halogens is 1. The number of likely N-dealkylation sites (N-methyl/N-ethyl adjacent to an activating group) is 1. The molecule has 3 rings (SSSR count). The highest BCUT2D eigenvalue weighted by molar-refractivity contribution is 5.98. The first-order valence-corrected chi connectivity index (χ1v) is 7.80. The molecule has 1 fully saturated rings. The largest absolute Gasteiger partial charge is 0.459 e. The molecule has 1 aliphatic carbocycles. The third-order valence-electron chi connectivity index (χ3n) is 4.43. The third-order valence-corrected chi connectivity index (χ3v) is 4.43. The van der Waals surface area contributed by atoms with Crippen molar-refractivity contribution in [2.45, 2.75) is 31.3 Å². The maximum absolute atomic E-state index is 13.1. The van der Waals surface area contributed by atoms with Crippen molar-refractivity contribution in [3.8, 4) is 11.1 Å². The maximum atomic E-state index is 13.1. The molecule has 0 saturated heterocycles. The summed E-state index contributed by atoms with van der Waals surface area (Å²) in [5.74, 6) is -0.402. The number of hydrogen-bond acceptors (Lipinski definition) is 3. The molecule has 23 heavy (non-hydrogen) atoms. The Balaban J connectivity index is 1.80. The van der Waals surface area contributed by atoms with Crippen molar-refractivity contribution in [2.75, 3.05) is 13.6 Å². The number of nitrogens with zero attached hydrogens (tertiary/aromatic N) is 1. The molecule has 0 bridgehead atoms. The first-order chi connectivity index (χ1) is 11.0. The van der Waals surface area contributed by atoms with Crippen LogP contribution < -0.4 is 0 Å². The van der Waals surface area contributed by atoms with Gasteiger partial charge in [0.05, 0.1) is 11.9 Å². The van der Waals surface area contributed by atoms with E-state index in [1.165, 1.54) is 23.3 Å². The Labute approximate surface area is 134 Å². The van der Waals surface area contributed by atoms with Gasteiger partial charge in [0.2, 0.25) is 0 Å². The molecule has 122 valence electrons. The van der Waals surface area contributed by atoms with E-state index >= 15 is 0 Å². The average Bonchev–Trinajstić information content (AvgIpc) is 3.16.